The number of nitrogens with one attached hydrogen (secondary N) is 2. The molecule has 2 aliphatic heterocycles. The lowest BCUT2D eigenvalue weighted by Crippen LogP contribution is -2.52. The Bertz CT molecular complexity index is 1080. The van der Waals surface area contributed by atoms with E-state index in [1.54, 1.807) is 26.0 Å². The number of imide groups is 2. The van der Waals surface area contributed by atoms with Crippen LogP contribution in [0.15, 0.2) is 23.3 Å². The molecule has 0 aliphatic carbocycles. The Kier molecular flexibility index (Phi) is 16.6. The van der Waals surface area contributed by atoms with Crippen LogP contribution in [-0.2, 0) is 28.8 Å². The summed E-state index contributed by atoms with van der Waals surface area (Å²) < 4.78 is 0. The summed E-state index contributed by atoms with van der Waals surface area (Å²) in [5.41, 5.74) is 1.84. The Morgan fingerprint density at radius 3 is 1.15 bits per heavy atom. The molecule has 6 amide bonds. The number of amides is 6. The Morgan fingerprint density at radius 2 is 0.913 bits per heavy atom. The van der Waals surface area contributed by atoms with E-state index in [9.17, 15) is 28.8 Å². The van der Waals surface area contributed by atoms with Crippen molar-refractivity contribution in [3.63, 3.8) is 0 Å². The van der Waals surface area contributed by atoms with Gasteiger partial charge in [0, 0.05) is 25.0 Å². The molecule has 4 atom stereocenters. The van der Waals surface area contributed by atoms with Gasteiger partial charge in [-0.3, -0.25) is 38.6 Å². The van der Waals surface area contributed by atoms with E-state index in [-0.39, 0.29) is 59.4 Å². The quantitative estimate of drug-likeness (QED) is 0.263. The Morgan fingerprint density at radius 1 is 0.609 bits per heavy atom. The molecule has 0 aromatic carbocycles. The molecule has 0 saturated carbocycles. The van der Waals surface area contributed by atoms with Crippen LogP contribution in [0.1, 0.15) is 122 Å². The Labute approximate surface area is 277 Å². The maximum absolute atomic E-state index is 12.9. The molecule has 0 saturated heterocycles. The van der Waals surface area contributed by atoms with E-state index in [0.717, 1.165) is 24.0 Å². The molecule has 0 fully saturated rings. The zero-order valence-corrected chi connectivity index (χ0v) is 30.4. The van der Waals surface area contributed by atoms with Crippen molar-refractivity contribution < 1.29 is 28.8 Å². The third-order valence-electron chi connectivity index (χ3n) is 8.04. The number of nitrogens with zero attached hydrogens (tertiary/aromatic N) is 2. The molecule has 2 heterocycles. The molecule has 2 rings (SSSR count). The van der Waals surface area contributed by atoms with Crippen LogP contribution < -0.4 is 10.6 Å². The molecule has 2 N–H and O–H groups in total. The average Bonchev–Trinajstić information content (AvgIpc) is 3.37. The minimum Gasteiger partial charge on any atom is -0.344 e. The molecule has 10 heteroatoms. The summed E-state index contributed by atoms with van der Waals surface area (Å²) >= 11 is 0. The Balaban J connectivity index is 0.000000460. The lowest BCUT2D eigenvalue weighted by Gasteiger charge is -2.30. The van der Waals surface area contributed by atoms with Gasteiger partial charge in [0.05, 0.1) is 12.1 Å². The third-order valence-corrected chi connectivity index (χ3v) is 8.04. The van der Waals surface area contributed by atoms with E-state index in [0.29, 0.717) is 37.5 Å². The van der Waals surface area contributed by atoms with Gasteiger partial charge in [0.25, 0.3) is 23.6 Å². The second kappa shape index (κ2) is 18.7. The third kappa shape index (κ3) is 12.1. The summed E-state index contributed by atoms with van der Waals surface area (Å²) in [4.78, 5) is 76.6. The lowest BCUT2D eigenvalue weighted by molar-refractivity contribution is -0.147. The predicted molar refractivity (Wildman–Crippen MR) is 181 cm³/mol. The zero-order valence-electron chi connectivity index (χ0n) is 30.4. The summed E-state index contributed by atoms with van der Waals surface area (Å²) in [6.45, 7) is 23.6. The number of carbonyl (C=O) groups is 6. The minimum atomic E-state index is -0.639. The van der Waals surface area contributed by atoms with Crippen LogP contribution in [0.2, 0.25) is 0 Å². The van der Waals surface area contributed by atoms with Gasteiger partial charge in [-0.15, -0.1) is 0 Å². The van der Waals surface area contributed by atoms with Crippen molar-refractivity contribution in [1.29, 1.82) is 0 Å². The smallest absolute Gasteiger partial charge is 0.253 e. The first-order valence-corrected chi connectivity index (χ1v) is 17.0. The van der Waals surface area contributed by atoms with E-state index >= 15 is 0 Å². The number of carbonyl (C=O) groups excluding carboxylic acids is 6. The molecule has 46 heavy (non-hydrogen) atoms. The average molecular weight is 645 g/mol. The maximum Gasteiger partial charge on any atom is 0.253 e. The number of hydrogen-bond donors (Lipinski definition) is 2. The maximum atomic E-state index is 12.9. The van der Waals surface area contributed by atoms with Gasteiger partial charge in [0.2, 0.25) is 11.8 Å². The predicted octanol–water partition coefficient (Wildman–Crippen LogP) is 5.31. The highest BCUT2D eigenvalue weighted by atomic mass is 16.2. The fourth-order valence-corrected chi connectivity index (χ4v) is 5.75. The Hall–Kier alpha value is -3.30. The molecular formula is C36H60N4O6. The van der Waals surface area contributed by atoms with E-state index in [1.165, 1.54) is 9.80 Å². The summed E-state index contributed by atoms with van der Waals surface area (Å²) in [5, 5.41) is 5.56. The van der Waals surface area contributed by atoms with Crippen molar-refractivity contribution in [3.8, 4) is 0 Å². The molecule has 0 aromatic rings. The first-order chi connectivity index (χ1) is 21.3. The number of hydrogen-bond acceptors (Lipinski definition) is 6. The molecule has 2 unspecified atom stereocenters. The highest BCUT2D eigenvalue weighted by Gasteiger charge is 2.40. The fraction of sp³-hybridized carbons (Fsp3) is 0.722. The normalized spacial score (nSPS) is 19.3. The van der Waals surface area contributed by atoms with Gasteiger partial charge in [-0.05, 0) is 74.3 Å². The summed E-state index contributed by atoms with van der Waals surface area (Å²) in [5.74, 6) is -0.199. The van der Waals surface area contributed by atoms with Crippen LogP contribution in [0, 0.1) is 23.7 Å². The van der Waals surface area contributed by atoms with Crippen molar-refractivity contribution in [3.05, 3.63) is 23.3 Å². The standard InChI is InChI=1S/2C18H30N2O3/c2*1-7-16(21)19-14(8-11(2)3)18(23)20-15(9-12(4)5)13(6)10-17(20)22/h2*10-12,14-15H,7-9H2,1-6H3,(H,19,21)/t14-,15+;/m1./s1. The van der Waals surface area contributed by atoms with Crippen LogP contribution >= 0.6 is 0 Å². The summed E-state index contributed by atoms with van der Waals surface area (Å²) in [7, 11) is 0. The second-order valence-corrected chi connectivity index (χ2v) is 14.4. The molecule has 0 radical (unpaired) electrons. The van der Waals surface area contributed by atoms with Gasteiger partial charge >= 0.3 is 0 Å². The van der Waals surface area contributed by atoms with Gasteiger partial charge in [0.1, 0.15) is 12.1 Å². The molecule has 0 aromatic heterocycles. The highest BCUT2D eigenvalue weighted by molar-refractivity contribution is 6.07. The summed E-state index contributed by atoms with van der Waals surface area (Å²) in [6.07, 6.45) is 6.28. The van der Waals surface area contributed by atoms with E-state index in [2.05, 4.69) is 38.3 Å². The van der Waals surface area contributed by atoms with E-state index < -0.39 is 12.1 Å². The van der Waals surface area contributed by atoms with E-state index in [1.807, 2.05) is 41.5 Å². The number of rotatable bonds is 14. The lowest BCUT2D eigenvalue weighted by atomic mass is 9.97. The first-order valence-electron chi connectivity index (χ1n) is 17.0. The molecule has 0 bridgehead atoms. The van der Waals surface area contributed by atoms with Gasteiger partial charge in [0.15, 0.2) is 0 Å². The van der Waals surface area contributed by atoms with Gasteiger partial charge in [-0.25, -0.2) is 0 Å². The fourth-order valence-electron chi connectivity index (χ4n) is 5.75. The molecule has 10 nitrogen and oxygen atoms in total. The van der Waals surface area contributed by atoms with Gasteiger partial charge in [-0.2, -0.15) is 0 Å². The monoisotopic (exact) mass is 644 g/mol. The van der Waals surface area contributed by atoms with Crippen LogP contribution in [0.4, 0.5) is 0 Å². The SMILES string of the molecule is CCC(=O)NC(CC(C)C)C(=O)N1C(=O)C=C(C)C1CC(C)C.CCC(=O)N[C@H](CC(C)C)C(=O)N1C(=O)C=C(C)[C@@H]1CC(C)C. The molecule has 2 aliphatic rings. The minimum absolute atomic E-state index is 0.166. The van der Waals surface area contributed by atoms with Gasteiger partial charge < -0.3 is 10.6 Å². The van der Waals surface area contributed by atoms with Crippen molar-refractivity contribution in [1.82, 2.24) is 20.4 Å². The summed E-state index contributed by atoms with van der Waals surface area (Å²) in [6, 6.07) is -1.66. The van der Waals surface area contributed by atoms with E-state index in [4.69, 9.17) is 0 Å². The van der Waals surface area contributed by atoms with Crippen LogP contribution in [0.5, 0.6) is 0 Å². The second-order valence-electron chi connectivity index (χ2n) is 14.4. The van der Waals surface area contributed by atoms with Gasteiger partial charge in [-0.1, -0.05) is 69.2 Å². The highest BCUT2D eigenvalue weighted by Crippen LogP contribution is 2.28. The zero-order chi connectivity index (χ0) is 35.5. The van der Waals surface area contributed by atoms with Crippen molar-refractivity contribution in [2.24, 2.45) is 23.7 Å². The first kappa shape index (κ1) is 40.7. The van der Waals surface area contributed by atoms with Crippen molar-refractivity contribution in [2.45, 2.75) is 146 Å². The van der Waals surface area contributed by atoms with Crippen molar-refractivity contribution >= 4 is 35.4 Å². The molecule has 0 spiro atoms. The van der Waals surface area contributed by atoms with Crippen LogP contribution in [-0.4, -0.2) is 69.4 Å². The topological polar surface area (TPSA) is 133 Å². The molecule has 260 valence electrons. The molecular weight excluding hydrogens is 584 g/mol. The van der Waals surface area contributed by atoms with Crippen LogP contribution in [0.25, 0.3) is 0 Å². The largest absolute Gasteiger partial charge is 0.344 e. The van der Waals surface area contributed by atoms with Crippen molar-refractivity contribution in [2.75, 3.05) is 0 Å². The van der Waals surface area contributed by atoms with Crippen LogP contribution in [0.3, 0.4) is 0 Å².